The number of hydrogen-bond donors (Lipinski definition) is 2. The number of carbonyl (C=O) groups excluding carboxylic acids is 1. The summed E-state index contributed by atoms with van der Waals surface area (Å²) in [5, 5.41) is 14.5. The van der Waals surface area contributed by atoms with Gasteiger partial charge < -0.3 is 15.3 Å². The summed E-state index contributed by atoms with van der Waals surface area (Å²) in [7, 11) is 1.82. The summed E-state index contributed by atoms with van der Waals surface area (Å²) in [5.74, 6) is 0.0816. The van der Waals surface area contributed by atoms with Gasteiger partial charge in [0.1, 0.15) is 0 Å². The van der Waals surface area contributed by atoms with Crippen LogP contribution in [0.5, 0.6) is 0 Å². The third kappa shape index (κ3) is 3.28. The molecule has 1 fully saturated rings. The molecule has 5 heteroatoms. The van der Waals surface area contributed by atoms with Crippen LogP contribution in [-0.2, 0) is 11.2 Å². The number of nitrogens with zero attached hydrogens (tertiary/aromatic N) is 1. The lowest BCUT2D eigenvalue weighted by molar-refractivity contribution is -0.131. The fraction of sp³-hybridized carbons (Fsp3) is 0.583. The minimum Gasteiger partial charge on any atom is -0.392 e. The van der Waals surface area contributed by atoms with Crippen molar-refractivity contribution in [1.82, 2.24) is 10.2 Å². The maximum absolute atomic E-state index is 12.0. The Morgan fingerprint density at radius 3 is 3.12 bits per heavy atom. The summed E-state index contributed by atoms with van der Waals surface area (Å²) in [6.45, 7) is 1.25. The van der Waals surface area contributed by atoms with Gasteiger partial charge in [-0.2, -0.15) is 0 Å². The quantitative estimate of drug-likeness (QED) is 0.821. The summed E-state index contributed by atoms with van der Waals surface area (Å²) < 4.78 is 0. The molecule has 94 valence electrons. The van der Waals surface area contributed by atoms with Crippen LogP contribution in [0.15, 0.2) is 17.5 Å². The first kappa shape index (κ1) is 12.5. The van der Waals surface area contributed by atoms with Crippen LogP contribution in [0.2, 0.25) is 0 Å². The molecule has 2 heterocycles. The number of likely N-dealkylation sites (N-methyl/N-ethyl adjacent to an activating group) is 1. The highest BCUT2D eigenvalue weighted by atomic mass is 32.1. The second-order valence-electron chi connectivity index (χ2n) is 4.44. The number of nitrogens with one attached hydrogen (secondary N) is 1. The van der Waals surface area contributed by atoms with Gasteiger partial charge in [-0.1, -0.05) is 6.07 Å². The topological polar surface area (TPSA) is 52.6 Å². The van der Waals surface area contributed by atoms with Gasteiger partial charge in [0.2, 0.25) is 5.91 Å². The number of rotatable bonds is 4. The molecule has 0 aromatic carbocycles. The Labute approximate surface area is 105 Å². The van der Waals surface area contributed by atoms with E-state index in [2.05, 4.69) is 11.4 Å². The fourth-order valence-electron chi connectivity index (χ4n) is 2.01. The van der Waals surface area contributed by atoms with Crippen LogP contribution in [0.3, 0.4) is 0 Å². The molecule has 1 amide bonds. The fourth-order valence-corrected chi connectivity index (χ4v) is 2.71. The van der Waals surface area contributed by atoms with E-state index >= 15 is 0 Å². The van der Waals surface area contributed by atoms with E-state index in [1.165, 1.54) is 4.88 Å². The maximum atomic E-state index is 12.0. The smallest absolute Gasteiger partial charge is 0.239 e. The Kier molecular flexibility index (Phi) is 4.15. The van der Waals surface area contributed by atoms with Crippen molar-refractivity contribution in [3.8, 4) is 0 Å². The van der Waals surface area contributed by atoms with E-state index in [9.17, 15) is 9.90 Å². The van der Waals surface area contributed by atoms with E-state index in [1.54, 1.807) is 16.2 Å². The van der Waals surface area contributed by atoms with Crippen molar-refractivity contribution < 1.29 is 9.90 Å². The second-order valence-corrected chi connectivity index (χ2v) is 5.47. The summed E-state index contributed by atoms with van der Waals surface area (Å²) in [5.41, 5.74) is 0. The summed E-state index contributed by atoms with van der Waals surface area (Å²) >= 11 is 1.72. The van der Waals surface area contributed by atoms with Crippen LogP contribution in [0.4, 0.5) is 0 Å². The van der Waals surface area contributed by atoms with E-state index < -0.39 is 0 Å². The van der Waals surface area contributed by atoms with Crippen molar-refractivity contribution in [2.75, 3.05) is 20.1 Å². The number of amides is 1. The van der Waals surface area contributed by atoms with Gasteiger partial charge in [-0.15, -0.1) is 11.3 Å². The van der Waals surface area contributed by atoms with Crippen LogP contribution in [-0.4, -0.2) is 48.2 Å². The number of carbonyl (C=O) groups is 1. The standard InChI is InChI=1S/C12H18N2O2S/c1-14(5-4-10-3-2-6-17-10)12(16)11-7-9(15)8-13-11/h2-3,6,9,11,13,15H,4-5,7-8H2,1H3/t9-,11+/m0/s1. The summed E-state index contributed by atoms with van der Waals surface area (Å²) in [4.78, 5) is 15.0. The minimum atomic E-state index is -0.380. The molecule has 0 bridgehead atoms. The van der Waals surface area contributed by atoms with Gasteiger partial charge >= 0.3 is 0 Å². The Morgan fingerprint density at radius 2 is 2.53 bits per heavy atom. The second kappa shape index (κ2) is 5.62. The SMILES string of the molecule is CN(CCc1cccs1)C(=O)[C@H]1C[C@H](O)CN1. The zero-order valence-corrected chi connectivity index (χ0v) is 10.7. The minimum absolute atomic E-state index is 0.0816. The predicted molar refractivity (Wildman–Crippen MR) is 68.1 cm³/mol. The highest BCUT2D eigenvalue weighted by molar-refractivity contribution is 7.09. The normalized spacial score (nSPS) is 23.9. The first-order valence-electron chi connectivity index (χ1n) is 5.85. The largest absolute Gasteiger partial charge is 0.392 e. The van der Waals surface area contributed by atoms with Gasteiger partial charge in [-0.05, 0) is 24.3 Å². The predicted octanol–water partition coefficient (Wildman–Crippen LogP) is 0.472. The molecule has 0 radical (unpaired) electrons. The van der Waals surface area contributed by atoms with Gasteiger partial charge in [0.25, 0.3) is 0 Å². The van der Waals surface area contributed by atoms with Crippen LogP contribution < -0.4 is 5.32 Å². The number of β-amino-alcohol motifs (C(OH)–C–C–N with tert-alkyl or cyclic N) is 1. The van der Waals surface area contributed by atoms with Gasteiger partial charge in [-0.3, -0.25) is 4.79 Å². The molecule has 0 unspecified atom stereocenters. The first-order valence-corrected chi connectivity index (χ1v) is 6.73. The summed E-state index contributed by atoms with van der Waals surface area (Å²) in [6, 6.07) is 3.90. The average Bonchev–Trinajstić information content (AvgIpc) is 2.95. The van der Waals surface area contributed by atoms with Crippen molar-refractivity contribution in [1.29, 1.82) is 0 Å². The first-order chi connectivity index (χ1) is 8.16. The van der Waals surface area contributed by atoms with E-state index in [0.717, 1.165) is 13.0 Å². The number of aliphatic hydroxyl groups is 1. The lowest BCUT2D eigenvalue weighted by Crippen LogP contribution is -2.42. The number of aliphatic hydroxyl groups excluding tert-OH is 1. The molecular weight excluding hydrogens is 236 g/mol. The van der Waals surface area contributed by atoms with E-state index in [4.69, 9.17) is 0 Å². The third-order valence-electron chi connectivity index (χ3n) is 3.06. The van der Waals surface area contributed by atoms with Crippen LogP contribution in [0.25, 0.3) is 0 Å². The van der Waals surface area contributed by atoms with Crippen molar-refractivity contribution in [2.45, 2.75) is 25.0 Å². The molecule has 1 aliphatic heterocycles. The molecule has 0 saturated carbocycles. The van der Waals surface area contributed by atoms with Gasteiger partial charge in [-0.25, -0.2) is 0 Å². The van der Waals surface area contributed by atoms with Crippen molar-refractivity contribution in [3.63, 3.8) is 0 Å². The highest BCUT2D eigenvalue weighted by Crippen LogP contribution is 2.12. The van der Waals surface area contributed by atoms with Gasteiger partial charge in [0.05, 0.1) is 12.1 Å². The van der Waals surface area contributed by atoms with Crippen molar-refractivity contribution in [3.05, 3.63) is 22.4 Å². The van der Waals surface area contributed by atoms with Crippen molar-refractivity contribution in [2.24, 2.45) is 0 Å². The molecule has 1 aromatic heterocycles. The zero-order valence-electron chi connectivity index (χ0n) is 9.93. The molecule has 1 aliphatic rings. The highest BCUT2D eigenvalue weighted by Gasteiger charge is 2.29. The molecule has 2 rings (SSSR count). The van der Waals surface area contributed by atoms with Crippen LogP contribution in [0.1, 0.15) is 11.3 Å². The molecule has 2 N–H and O–H groups in total. The number of hydrogen-bond acceptors (Lipinski definition) is 4. The number of thiophene rings is 1. The molecule has 2 atom stereocenters. The molecular formula is C12H18N2O2S. The Hall–Kier alpha value is -0.910. The van der Waals surface area contributed by atoms with Crippen LogP contribution in [0, 0.1) is 0 Å². The monoisotopic (exact) mass is 254 g/mol. The molecule has 1 saturated heterocycles. The molecule has 0 aliphatic carbocycles. The van der Waals surface area contributed by atoms with Crippen LogP contribution >= 0.6 is 11.3 Å². The van der Waals surface area contributed by atoms with Crippen molar-refractivity contribution >= 4 is 17.2 Å². The Bertz CT molecular complexity index is 367. The average molecular weight is 254 g/mol. The maximum Gasteiger partial charge on any atom is 0.239 e. The van der Waals surface area contributed by atoms with E-state index in [-0.39, 0.29) is 18.1 Å². The third-order valence-corrected chi connectivity index (χ3v) is 3.99. The lowest BCUT2D eigenvalue weighted by Gasteiger charge is -2.20. The summed E-state index contributed by atoms with van der Waals surface area (Å²) in [6.07, 6.45) is 1.05. The van der Waals surface area contributed by atoms with E-state index in [1.807, 2.05) is 18.5 Å². The molecule has 1 aromatic rings. The lowest BCUT2D eigenvalue weighted by atomic mass is 10.2. The molecule has 4 nitrogen and oxygen atoms in total. The molecule has 17 heavy (non-hydrogen) atoms. The Balaban J connectivity index is 1.79. The Morgan fingerprint density at radius 1 is 1.71 bits per heavy atom. The van der Waals surface area contributed by atoms with Gasteiger partial charge in [0.15, 0.2) is 0 Å². The van der Waals surface area contributed by atoms with E-state index in [0.29, 0.717) is 13.0 Å². The molecule has 0 spiro atoms. The van der Waals surface area contributed by atoms with Gasteiger partial charge in [0, 0.05) is 25.0 Å². The zero-order chi connectivity index (χ0) is 12.3.